The van der Waals surface area contributed by atoms with Crippen LogP contribution < -0.4 is 10.0 Å². The number of nitrogens with one attached hydrogen (secondary N) is 2. The molecule has 0 spiro atoms. The summed E-state index contributed by atoms with van der Waals surface area (Å²) in [7, 11) is -2.58. The average molecular weight is 572 g/mol. The lowest BCUT2D eigenvalue weighted by Crippen LogP contribution is -2.37. The van der Waals surface area contributed by atoms with Crippen LogP contribution in [0.25, 0.3) is 11.1 Å². The van der Waals surface area contributed by atoms with Gasteiger partial charge in [0.25, 0.3) is 5.91 Å². The first-order chi connectivity index (χ1) is 19.2. The number of nitrogens with zero attached hydrogens (tertiary/aromatic N) is 1. The fourth-order valence-electron chi connectivity index (χ4n) is 4.60. The summed E-state index contributed by atoms with van der Waals surface area (Å²) in [6, 6.07) is 13.6. The average Bonchev–Trinajstić information content (AvgIpc) is 2.96. The highest BCUT2D eigenvalue weighted by molar-refractivity contribution is 7.89. The minimum atomic E-state index is -3.71. The first-order valence-corrected chi connectivity index (χ1v) is 14.4. The van der Waals surface area contributed by atoms with E-state index >= 15 is 0 Å². The maximum atomic E-state index is 14.9. The van der Waals surface area contributed by atoms with Crippen LogP contribution in [-0.2, 0) is 21.3 Å². The SMILES string of the molecule is COC(=O)c1c(F)cccc1-c1ccc(CNC(=O)c2ccc(S(=O)(=O)NCCN3CCCCC3)cc2)c(F)c1. The number of hydrogen-bond donors (Lipinski definition) is 2. The largest absolute Gasteiger partial charge is 0.465 e. The zero-order valence-corrected chi connectivity index (χ0v) is 22.9. The molecule has 0 saturated carbocycles. The summed E-state index contributed by atoms with van der Waals surface area (Å²) in [5.41, 5.74) is 0.538. The second kappa shape index (κ2) is 13.1. The van der Waals surface area contributed by atoms with Gasteiger partial charge in [-0.2, -0.15) is 0 Å². The van der Waals surface area contributed by atoms with E-state index in [1.165, 1.54) is 55.0 Å². The van der Waals surface area contributed by atoms with Gasteiger partial charge in [0.2, 0.25) is 10.0 Å². The van der Waals surface area contributed by atoms with Crippen molar-refractivity contribution in [1.29, 1.82) is 0 Å². The van der Waals surface area contributed by atoms with E-state index in [0.717, 1.165) is 45.2 Å². The number of sulfonamides is 1. The van der Waals surface area contributed by atoms with Gasteiger partial charge in [-0.1, -0.05) is 30.7 Å². The molecule has 0 bridgehead atoms. The molecule has 1 heterocycles. The van der Waals surface area contributed by atoms with E-state index in [9.17, 15) is 26.8 Å². The van der Waals surface area contributed by atoms with Crippen molar-refractivity contribution in [2.45, 2.75) is 30.7 Å². The van der Waals surface area contributed by atoms with E-state index in [1.54, 1.807) is 0 Å². The van der Waals surface area contributed by atoms with Crippen molar-refractivity contribution in [3.63, 3.8) is 0 Å². The molecule has 1 saturated heterocycles. The van der Waals surface area contributed by atoms with Crippen LogP contribution in [0.1, 0.15) is 45.5 Å². The molecule has 0 aromatic heterocycles. The molecule has 1 aliphatic heterocycles. The molecule has 0 radical (unpaired) electrons. The van der Waals surface area contributed by atoms with Crippen LogP contribution in [0.5, 0.6) is 0 Å². The van der Waals surface area contributed by atoms with Gasteiger partial charge in [0.1, 0.15) is 17.2 Å². The molecule has 3 aromatic rings. The zero-order valence-electron chi connectivity index (χ0n) is 22.1. The van der Waals surface area contributed by atoms with Crippen molar-refractivity contribution in [1.82, 2.24) is 14.9 Å². The normalized spacial score (nSPS) is 14.1. The monoisotopic (exact) mass is 571 g/mol. The summed E-state index contributed by atoms with van der Waals surface area (Å²) in [6.07, 6.45) is 3.46. The van der Waals surface area contributed by atoms with Gasteiger partial charge < -0.3 is 15.0 Å². The minimum Gasteiger partial charge on any atom is -0.465 e. The summed E-state index contributed by atoms with van der Waals surface area (Å²) >= 11 is 0. The highest BCUT2D eigenvalue weighted by atomic mass is 32.2. The lowest BCUT2D eigenvalue weighted by molar-refractivity contribution is 0.0596. The Balaban J connectivity index is 1.36. The van der Waals surface area contributed by atoms with Gasteiger partial charge in [-0.05, 0) is 73.5 Å². The summed E-state index contributed by atoms with van der Waals surface area (Å²) in [6.45, 7) is 2.76. The van der Waals surface area contributed by atoms with Crippen LogP contribution in [0.4, 0.5) is 8.78 Å². The smallest absolute Gasteiger partial charge is 0.341 e. The predicted octanol–water partition coefficient (Wildman–Crippen LogP) is 4.11. The number of carbonyl (C=O) groups is 2. The second-order valence-corrected chi connectivity index (χ2v) is 11.2. The van der Waals surface area contributed by atoms with Crippen molar-refractivity contribution in [3.8, 4) is 11.1 Å². The Morgan fingerprint density at radius 2 is 1.68 bits per heavy atom. The fraction of sp³-hybridized carbons (Fsp3) is 0.310. The molecule has 3 aromatic carbocycles. The number of likely N-dealkylation sites (tertiary alicyclic amines) is 1. The molecular formula is C29H31F2N3O5S. The van der Waals surface area contributed by atoms with Gasteiger partial charge in [0.05, 0.1) is 12.0 Å². The first-order valence-electron chi connectivity index (χ1n) is 13.0. The summed E-state index contributed by atoms with van der Waals surface area (Å²) in [5.74, 6) is -2.83. The number of esters is 1. The lowest BCUT2D eigenvalue weighted by atomic mass is 9.98. The maximum Gasteiger partial charge on any atom is 0.341 e. The molecule has 0 atom stereocenters. The van der Waals surface area contributed by atoms with Crippen molar-refractivity contribution in [2.24, 2.45) is 0 Å². The molecule has 2 N–H and O–H groups in total. The Kier molecular flexibility index (Phi) is 9.62. The zero-order chi connectivity index (χ0) is 28.7. The second-order valence-electron chi connectivity index (χ2n) is 9.47. The van der Waals surface area contributed by atoms with E-state index in [0.29, 0.717) is 13.1 Å². The van der Waals surface area contributed by atoms with Crippen molar-refractivity contribution >= 4 is 21.9 Å². The van der Waals surface area contributed by atoms with Crippen LogP contribution in [-0.4, -0.2) is 58.5 Å². The highest BCUT2D eigenvalue weighted by Gasteiger charge is 2.20. The number of carbonyl (C=O) groups excluding carboxylic acids is 2. The fourth-order valence-corrected chi connectivity index (χ4v) is 5.62. The predicted molar refractivity (Wildman–Crippen MR) is 146 cm³/mol. The molecule has 11 heteroatoms. The van der Waals surface area contributed by atoms with E-state index in [-0.39, 0.29) is 39.3 Å². The van der Waals surface area contributed by atoms with E-state index in [2.05, 4.69) is 19.7 Å². The molecule has 1 fully saturated rings. The highest BCUT2D eigenvalue weighted by Crippen LogP contribution is 2.28. The number of methoxy groups -OCH3 is 1. The summed E-state index contributed by atoms with van der Waals surface area (Å²) in [4.78, 5) is 26.9. The Morgan fingerprint density at radius 3 is 2.35 bits per heavy atom. The number of ether oxygens (including phenoxy) is 1. The lowest BCUT2D eigenvalue weighted by Gasteiger charge is -2.26. The van der Waals surface area contributed by atoms with Crippen molar-refractivity contribution < 1.29 is 31.5 Å². The molecule has 4 rings (SSSR count). The number of rotatable bonds is 10. The van der Waals surface area contributed by atoms with Gasteiger partial charge >= 0.3 is 5.97 Å². The minimum absolute atomic E-state index is 0.0491. The standard InChI is InChI=1S/C29H31F2N3O5S/c1-39-29(36)27-24(6-5-7-25(27)30)21-8-9-22(26(31)18-21)19-32-28(35)20-10-12-23(13-11-20)40(37,38)33-14-17-34-15-3-2-4-16-34/h5-13,18,33H,2-4,14-17,19H2,1H3,(H,32,35). The number of benzene rings is 3. The van der Waals surface area contributed by atoms with Crippen LogP contribution in [0, 0.1) is 11.6 Å². The van der Waals surface area contributed by atoms with Gasteiger partial charge in [0, 0.05) is 30.8 Å². The molecule has 8 nitrogen and oxygen atoms in total. The third-order valence-electron chi connectivity index (χ3n) is 6.80. The topological polar surface area (TPSA) is 105 Å². The third-order valence-corrected chi connectivity index (χ3v) is 8.28. The molecule has 212 valence electrons. The summed E-state index contributed by atoms with van der Waals surface area (Å²) in [5, 5.41) is 2.61. The van der Waals surface area contributed by atoms with E-state index in [1.807, 2.05) is 0 Å². The Hall–Kier alpha value is -3.67. The van der Waals surface area contributed by atoms with Crippen LogP contribution >= 0.6 is 0 Å². The Labute approximate surface area is 232 Å². The molecule has 1 aliphatic rings. The number of halogens is 2. The number of amides is 1. The summed E-state index contributed by atoms with van der Waals surface area (Å²) < 4.78 is 61.6. The quantitative estimate of drug-likeness (QED) is 0.355. The van der Waals surface area contributed by atoms with E-state index < -0.39 is 33.5 Å². The Bertz CT molecular complexity index is 1470. The third kappa shape index (κ3) is 7.09. The number of piperidine rings is 1. The van der Waals surface area contributed by atoms with Crippen LogP contribution in [0.15, 0.2) is 65.6 Å². The van der Waals surface area contributed by atoms with Gasteiger partial charge in [-0.15, -0.1) is 0 Å². The van der Waals surface area contributed by atoms with Crippen molar-refractivity contribution in [3.05, 3.63) is 89.0 Å². The molecule has 0 aliphatic carbocycles. The number of hydrogen-bond acceptors (Lipinski definition) is 6. The van der Waals surface area contributed by atoms with Gasteiger partial charge in [0.15, 0.2) is 0 Å². The van der Waals surface area contributed by atoms with Crippen LogP contribution in [0.3, 0.4) is 0 Å². The first kappa shape index (κ1) is 29.3. The van der Waals surface area contributed by atoms with Gasteiger partial charge in [-0.3, -0.25) is 4.79 Å². The maximum absolute atomic E-state index is 14.9. The van der Waals surface area contributed by atoms with E-state index in [4.69, 9.17) is 0 Å². The molecule has 0 unspecified atom stereocenters. The van der Waals surface area contributed by atoms with Gasteiger partial charge in [-0.25, -0.2) is 26.7 Å². The molecule has 1 amide bonds. The molecular weight excluding hydrogens is 540 g/mol. The Morgan fingerprint density at radius 1 is 0.950 bits per heavy atom. The molecule has 40 heavy (non-hydrogen) atoms. The van der Waals surface area contributed by atoms with Crippen molar-refractivity contribution in [2.75, 3.05) is 33.3 Å². The van der Waals surface area contributed by atoms with Crippen LogP contribution in [0.2, 0.25) is 0 Å².